The molecule has 0 saturated heterocycles. The van der Waals surface area contributed by atoms with E-state index in [2.05, 4.69) is 26.1 Å². The molecule has 1 aromatic carbocycles. The summed E-state index contributed by atoms with van der Waals surface area (Å²) in [6.07, 6.45) is 4.01. The van der Waals surface area contributed by atoms with Crippen LogP contribution in [0.15, 0.2) is 24.3 Å². The van der Waals surface area contributed by atoms with Crippen molar-refractivity contribution in [3.05, 3.63) is 35.4 Å². The van der Waals surface area contributed by atoms with Crippen molar-refractivity contribution in [1.82, 2.24) is 5.32 Å². The highest BCUT2D eigenvalue weighted by atomic mass is 16.4. The molecular formula is C18H27NO3. The zero-order valence-corrected chi connectivity index (χ0v) is 13.8. The first-order chi connectivity index (χ1) is 10.3. The average Bonchev–Trinajstić information content (AvgIpc) is 2.43. The number of aromatic carboxylic acids is 1. The number of unbranched alkanes of at least 4 members (excludes halogenated alkanes) is 1. The zero-order valence-electron chi connectivity index (χ0n) is 13.8. The molecular weight excluding hydrogens is 278 g/mol. The van der Waals surface area contributed by atoms with Gasteiger partial charge >= 0.3 is 5.97 Å². The van der Waals surface area contributed by atoms with Gasteiger partial charge in [0.15, 0.2) is 0 Å². The third kappa shape index (κ3) is 7.25. The Morgan fingerprint density at radius 3 is 2.45 bits per heavy atom. The van der Waals surface area contributed by atoms with Crippen molar-refractivity contribution in [2.45, 2.75) is 52.9 Å². The number of carbonyl (C=O) groups is 2. The first-order valence-electron chi connectivity index (χ1n) is 7.87. The summed E-state index contributed by atoms with van der Waals surface area (Å²) in [6, 6.07) is 6.83. The molecule has 0 aromatic heterocycles. The number of rotatable bonds is 8. The van der Waals surface area contributed by atoms with Gasteiger partial charge in [-0.15, -0.1) is 0 Å². The fraction of sp³-hybridized carbons (Fsp3) is 0.556. The van der Waals surface area contributed by atoms with Crippen LogP contribution in [0.5, 0.6) is 0 Å². The quantitative estimate of drug-likeness (QED) is 0.720. The van der Waals surface area contributed by atoms with Crippen molar-refractivity contribution in [3.8, 4) is 0 Å². The molecule has 0 aliphatic heterocycles. The number of carbonyl (C=O) groups excluding carboxylic acids is 1. The summed E-state index contributed by atoms with van der Waals surface area (Å²) in [7, 11) is 0. The van der Waals surface area contributed by atoms with Crippen molar-refractivity contribution in [2.24, 2.45) is 5.41 Å². The standard InChI is InChI=1S/C18H27NO3/c1-18(2,3)12-6-7-13-19-16(20)11-10-14-8-4-5-9-15(14)17(21)22/h4-5,8-9H,6-7,10-13H2,1-3H3,(H,19,20)(H,21,22). The Hall–Kier alpha value is -1.84. The van der Waals surface area contributed by atoms with E-state index in [0.717, 1.165) is 19.3 Å². The van der Waals surface area contributed by atoms with Crippen LogP contribution in [0.2, 0.25) is 0 Å². The van der Waals surface area contributed by atoms with Gasteiger partial charge in [-0.25, -0.2) is 4.79 Å². The molecule has 0 unspecified atom stereocenters. The maximum Gasteiger partial charge on any atom is 0.335 e. The minimum atomic E-state index is -0.946. The molecule has 0 spiro atoms. The lowest BCUT2D eigenvalue weighted by atomic mass is 9.90. The zero-order chi connectivity index (χ0) is 16.6. The molecule has 0 saturated carbocycles. The molecule has 4 nitrogen and oxygen atoms in total. The molecule has 4 heteroatoms. The topological polar surface area (TPSA) is 66.4 Å². The predicted octanol–water partition coefficient (Wildman–Crippen LogP) is 3.65. The molecule has 0 heterocycles. The van der Waals surface area contributed by atoms with E-state index in [0.29, 0.717) is 30.4 Å². The second-order valence-electron chi connectivity index (χ2n) is 6.83. The summed E-state index contributed by atoms with van der Waals surface area (Å²) < 4.78 is 0. The third-order valence-corrected chi connectivity index (χ3v) is 3.54. The monoisotopic (exact) mass is 305 g/mol. The second-order valence-corrected chi connectivity index (χ2v) is 6.83. The maximum absolute atomic E-state index is 11.8. The molecule has 0 fully saturated rings. The Kier molecular flexibility index (Phi) is 7.09. The summed E-state index contributed by atoms with van der Waals surface area (Å²) in [5, 5.41) is 12.0. The van der Waals surface area contributed by atoms with Crippen LogP contribution in [0.25, 0.3) is 0 Å². The number of amides is 1. The van der Waals surface area contributed by atoms with Crippen LogP contribution < -0.4 is 5.32 Å². The predicted molar refractivity (Wildman–Crippen MR) is 88.0 cm³/mol. The van der Waals surface area contributed by atoms with Crippen LogP contribution in [0.3, 0.4) is 0 Å². The van der Waals surface area contributed by atoms with Gasteiger partial charge in [0, 0.05) is 13.0 Å². The van der Waals surface area contributed by atoms with Gasteiger partial charge < -0.3 is 10.4 Å². The highest BCUT2D eigenvalue weighted by Crippen LogP contribution is 2.21. The Morgan fingerprint density at radius 1 is 1.14 bits per heavy atom. The van der Waals surface area contributed by atoms with Gasteiger partial charge in [0.1, 0.15) is 0 Å². The lowest BCUT2D eigenvalue weighted by molar-refractivity contribution is -0.121. The minimum Gasteiger partial charge on any atom is -0.478 e. The number of benzene rings is 1. The van der Waals surface area contributed by atoms with Gasteiger partial charge in [0.05, 0.1) is 5.56 Å². The molecule has 0 atom stereocenters. The van der Waals surface area contributed by atoms with Crippen molar-refractivity contribution in [3.63, 3.8) is 0 Å². The maximum atomic E-state index is 11.8. The number of hydrogen-bond acceptors (Lipinski definition) is 2. The van der Waals surface area contributed by atoms with Crippen molar-refractivity contribution < 1.29 is 14.7 Å². The fourth-order valence-electron chi connectivity index (χ4n) is 2.29. The molecule has 2 N–H and O–H groups in total. The lowest BCUT2D eigenvalue weighted by Crippen LogP contribution is -2.25. The molecule has 1 aromatic rings. The fourth-order valence-corrected chi connectivity index (χ4v) is 2.29. The molecule has 0 aliphatic rings. The smallest absolute Gasteiger partial charge is 0.335 e. The summed E-state index contributed by atoms with van der Waals surface area (Å²) in [6.45, 7) is 7.33. The van der Waals surface area contributed by atoms with Crippen LogP contribution in [-0.4, -0.2) is 23.5 Å². The van der Waals surface area contributed by atoms with E-state index >= 15 is 0 Å². The van der Waals surface area contributed by atoms with Gasteiger partial charge in [-0.1, -0.05) is 45.4 Å². The van der Waals surface area contributed by atoms with Crippen LogP contribution in [0.1, 0.15) is 62.4 Å². The van der Waals surface area contributed by atoms with Gasteiger partial charge in [-0.05, 0) is 36.3 Å². The Morgan fingerprint density at radius 2 is 1.82 bits per heavy atom. The van der Waals surface area contributed by atoms with Crippen LogP contribution in [0.4, 0.5) is 0 Å². The highest BCUT2D eigenvalue weighted by molar-refractivity contribution is 5.89. The number of nitrogens with one attached hydrogen (secondary N) is 1. The van der Waals surface area contributed by atoms with Gasteiger partial charge in [-0.3, -0.25) is 4.79 Å². The Bertz CT molecular complexity index is 503. The number of carboxylic acids is 1. The first kappa shape index (κ1) is 18.2. The Labute approximate surface area is 132 Å². The normalized spacial score (nSPS) is 11.2. The van der Waals surface area contributed by atoms with E-state index in [1.165, 1.54) is 0 Å². The van der Waals surface area contributed by atoms with E-state index in [-0.39, 0.29) is 11.5 Å². The molecule has 1 amide bonds. The molecule has 122 valence electrons. The summed E-state index contributed by atoms with van der Waals surface area (Å²) >= 11 is 0. The minimum absolute atomic E-state index is 0.0176. The molecule has 0 bridgehead atoms. The van der Waals surface area contributed by atoms with E-state index in [1.807, 2.05) is 0 Å². The largest absolute Gasteiger partial charge is 0.478 e. The number of carboxylic acid groups (broad SMARTS) is 1. The third-order valence-electron chi connectivity index (χ3n) is 3.54. The average molecular weight is 305 g/mol. The van der Waals surface area contributed by atoms with Crippen LogP contribution >= 0.6 is 0 Å². The Balaban J connectivity index is 2.28. The second kappa shape index (κ2) is 8.57. The van der Waals surface area contributed by atoms with E-state index < -0.39 is 5.97 Å². The van der Waals surface area contributed by atoms with E-state index in [9.17, 15) is 9.59 Å². The number of aryl methyl sites for hydroxylation is 1. The first-order valence-corrected chi connectivity index (χ1v) is 7.87. The van der Waals surface area contributed by atoms with E-state index in [4.69, 9.17) is 5.11 Å². The number of hydrogen-bond donors (Lipinski definition) is 2. The van der Waals surface area contributed by atoms with Crippen LogP contribution in [-0.2, 0) is 11.2 Å². The highest BCUT2D eigenvalue weighted by Gasteiger charge is 2.11. The lowest BCUT2D eigenvalue weighted by Gasteiger charge is -2.17. The molecule has 22 heavy (non-hydrogen) atoms. The van der Waals surface area contributed by atoms with Gasteiger partial charge in [0.2, 0.25) is 5.91 Å². The SMILES string of the molecule is CC(C)(C)CCCCNC(=O)CCc1ccccc1C(=O)O. The summed E-state index contributed by atoms with van der Waals surface area (Å²) in [4.78, 5) is 22.9. The van der Waals surface area contributed by atoms with Crippen molar-refractivity contribution >= 4 is 11.9 Å². The summed E-state index contributed by atoms with van der Waals surface area (Å²) in [5.41, 5.74) is 1.32. The van der Waals surface area contributed by atoms with Crippen LogP contribution in [0, 0.1) is 5.41 Å². The van der Waals surface area contributed by atoms with E-state index in [1.54, 1.807) is 24.3 Å². The molecule has 1 rings (SSSR count). The van der Waals surface area contributed by atoms with Crippen molar-refractivity contribution in [1.29, 1.82) is 0 Å². The molecule has 0 radical (unpaired) electrons. The van der Waals surface area contributed by atoms with Crippen molar-refractivity contribution in [2.75, 3.05) is 6.54 Å². The summed E-state index contributed by atoms with van der Waals surface area (Å²) in [5.74, 6) is -0.964. The molecule has 0 aliphatic carbocycles. The van der Waals surface area contributed by atoms with Gasteiger partial charge in [0.25, 0.3) is 0 Å². The van der Waals surface area contributed by atoms with Gasteiger partial charge in [-0.2, -0.15) is 0 Å².